The van der Waals surface area contributed by atoms with Crippen LogP contribution in [0.2, 0.25) is 0 Å². The van der Waals surface area contributed by atoms with Crippen LogP contribution < -0.4 is 5.73 Å². The molecule has 0 fully saturated rings. The van der Waals surface area contributed by atoms with Crippen molar-refractivity contribution in [2.45, 2.75) is 26.1 Å². The lowest BCUT2D eigenvalue weighted by atomic mass is 10.2. The third kappa shape index (κ3) is 4.98. The SMILES string of the molecule is CCOC(=O)C(N)C(C)F.Cl. The van der Waals surface area contributed by atoms with Crippen LogP contribution in [0.4, 0.5) is 4.39 Å². The molecule has 0 aliphatic heterocycles. The number of hydrogen-bond donors (Lipinski definition) is 1. The number of hydrogen-bond acceptors (Lipinski definition) is 3. The summed E-state index contributed by atoms with van der Waals surface area (Å²) in [6, 6.07) is -1.14. The van der Waals surface area contributed by atoms with Gasteiger partial charge in [-0.2, -0.15) is 0 Å². The molecule has 0 saturated carbocycles. The molecule has 0 saturated heterocycles. The summed E-state index contributed by atoms with van der Waals surface area (Å²) in [6.07, 6.45) is -1.35. The summed E-state index contributed by atoms with van der Waals surface area (Å²) in [7, 11) is 0. The molecule has 0 aromatic rings. The second-order valence-electron chi connectivity index (χ2n) is 1.96. The smallest absolute Gasteiger partial charge is 0.325 e. The summed E-state index contributed by atoms with van der Waals surface area (Å²) >= 11 is 0. The Morgan fingerprint density at radius 3 is 2.45 bits per heavy atom. The zero-order valence-electron chi connectivity index (χ0n) is 6.54. The van der Waals surface area contributed by atoms with Crippen molar-refractivity contribution in [3.8, 4) is 0 Å². The van der Waals surface area contributed by atoms with Gasteiger partial charge in [0.1, 0.15) is 12.2 Å². The van der Waals surface area contributed by atoms with E-state index >= 15 is 0 Å². The first kappa shape index (κ1) is 13.3. The number of carbonyl (C=O) groups excluding carboxylic acids is 1. The average Bonchev–Trinajstić information content (AvgIpc) is 1.87. The van der Waals surface area contributed by atoms with E-state index in [-0.39, 0.29) is 19.0 Å². The number of carbonyl (C=O) groups is 1. The molecule has 2 N–H and O–H groups in total. The first-order chi connectivity index (χ1) is 4.59. The first-order valence-corrected chi connectivity index (χ1v) is 3.15. The monoisotopic (exact) mass is 185 g/mol. The van der Waals surface area contributed by atoms with Gasteiger partial charge in [-0.25, -0.2) is 4.39 Å². The molecule has 0 heterocycles. The summed E-state index contributed by atoms with van der Waals surface area (Å²) in [4.78, 5) is 10.6. The highest BCUT2D eigenvalue weighted by molar-refractivity contribution is 5.85. The molecule has 0 rings (SSSR count). The molecule has 2 unspecified atom stereocenters. The molecule has 0 amide bonds. The molecule has 0 radical (unpaired) electrons. The van der Waals surface area contributed by atoms with Gasteiger partial charge in [0.2, 0.25) is 0 Å². The second-order valence-corrected chi connectivity index (χ2v) is 1.96. The van der Waals surface area contributed by atoms with E-state index in [9.17, 15) is 9.18 Å². The van der Waals surface area contributed by atoms with Gasteiger partial charge in [0, 0.05) is 0 Å². The van der Waals surface area contributed by atoms with E-state index in [4.69, 9.17) is 5.73 Å². The Bertz CT molecular complexity index is 121. The average molecular weight is 186 g/mol. The number of halogens is 2. The normalized spacial score (nSPS) is 14.5. The highest BCUT2D eigenvalue weighted by atomic mass is 35.5. The zero-order chi connectivity index (χ0) is 8.15. The lowest BCUT2D eigenvalue weighted by molar-refractivity contribution is -0.146. The van der Waals surface area contributed by atoms with Gasteiger partial charge in [0.15, 0.2) is 0 Å². The fourth-order valence-corrected chi connectivity index (χ4v) is 0.426. The van der Waals surface area contributed by atoms with E-state index < -0.39 is 18.2 Å². The Kier molecular flexibility index (Phi) is 7.67. The van der Waals surface area contributed by atoms with Crippen molar-refractivity contribution in [1.29, 1.82) is 0 Å². The Labute approximate surface area is 71.5 Å². The molecule has 5 heteroatoms. The molecule has 0 aromatic heterocycles. The summed E-state index contributed by atoms with van der Waals surface area (Å²) in [6.45, 7) is 3.11. The van der Waals surface area contributed by atoms with Gasteiger partial charge in [0.25, 0.3) is 0 Å². The fourth-order valence-electron chi connectivity index (χ4n) is 0.426. The Morgan fingerprint density at radius 2 is 2.18 bits per heavy atom. The van der Waals surface area contributed by atoms with E-state index in [1.165, 1.54) is 6.92 Å². The largest absolute Gasteiger partial charge is 0.465 e. The second kappa shape index (κ2) is 6.37. The number of ether oxygens (including phenoxy) is 1. The number of nitrogens with two attached hydrogens (primary N) is 1. The summed E-state index contributed by atoms with van der Waals surface area (Å²) in [5, 5.41) is 0. The van der Waals surface area contributed by atoms with Crippen molar-refractivity contribution < 1.29 is 13.9 Å². The predicted molar refractivity (Wildman–Crippen MR) is 42.4 cm³/mol. The molecule has 11 heavy (non-hydrogen) atoms. The van der Waals surface area contributed by atoms with Crippen LogP contribution in [0.25, 0.3) is 0 Å². The maximum absolute atomic E-state index is 12.2. The maximum atomic E-state index is 12.2. The van der Waals surface area contributed by atoms with Crippen molar-refractivity contribution in [3.63, 3.8) is 0 Å². The number of rotatable bonds is 3. The molecule has 2 atom stereocenters. The van der Waals surface area contributed by atoms with Crippen LogP contribution in [0.5, 0.6) is 0 Å². The van der Waals surface area contributed by atoms with Crippen LogP contribution >= 0.6 is 12.4 Å². The summed E-state index contributed by atoms with van der Waals surface area (Å²) in [5.74, 6) is -0.683. The molecule has 0 bridgehead atoms. The lowest BCUT2D eigenvalue weighted by Crippen LogP contribution is -2.39. The van der Waals surface area contributed by atoms with Crippen molar-refractivity contribution in [3.05, 3.63) is 0 Å². The van der Waals surface area contributed by atoms with E-state index in [1.807, 2.05) is 0 Å². The van der Waals surface area contributed by atoms with Crippen LogP contribution in [0.3, 0.4) is 0 Å². The standard InChI is InChI=1S/C6H12FNO2.ClH/c1-3-10-6(9)5(8)4(2)7;/h4-5H,3,8H2,1-2H3;1H. The number of esters is 1. The van der Waals surface area contributed by atoms with E-state index in [1.54, 1.807) is 6.92 Å². The molecule has 68 valence electrons. The van der Waals surface area contributed by atoms with Crippen LogP contribution in [-0.2, 0) is 9.53 Å². The van der Waals surface area contributed by atoms with Crippen molar-refractivity contribution >= 4 is 18.4 Å². The predicted octanol–water partition coefficient (Wildman–Crippen LogP) is 0.657. The van der Waals surface area contributed by atoms with Gasteiger partial charge >= 0.3 is 5.97 Å². The van der Waals surface area contributed by atoms with Gasteiger partial charge in [-0.15, -0.1) is 12.4 Å². The van der Waals surface area contributed by atoms with E-state index in [0.29, 0.717) is 0 Å². The molecular formula is C6H13ClFNO2. The van der Waals surface area contributed by atoms with Gasteiger partial charge < -0.3 is 10.5 Å². The van der Waals surface area contributed by atoms with Gasteiger partial charge in [-0.3, -0.25) is 4.79 Å². The van der Waals surface area contributed by atoms with Gasteiger partial charge in [-0.05, 0) is 13.8 Å². The fraction of sp³-hybridized carbons (Fsp3) is 0.833. The first-order valence-electron chi connectivity index (χ1n) is 3.15. The van der Waals surface area contributed by atoms with Crippen LogP contribution in [-0.4, -0.2) is 24.8 Å². The minimum atomic E-state index is -1.35. The van der Waals surface area contributed by atoms with Gasteiger partial charge in [-0.1, -0.05) is 0 Å². The highest BCUT2D eigenvalue weighted by Gasteiger charge is 2.20. The van der Waals surface area contributed by atoms with E-state index in [2.05, 4.69) is 4.74 Å². The minimum absolute atomic E-state index is 0. The molecule has 0 aromatic carbocycles. The minimum Gasteiger partial charge on any atom is -0.465 e. The lowest BCUT2D eigenvalue weighted by Gasteiger charge is -2.10. The van der Waals surface area contributed by atoms with Crippen molar-refractivity contribution in [2.75, 3.05) is 6.61 Å². The van der Waals surface area contributed by atoms with Gasteiger partial charge in [0.05, 0.1) is 6.61 Å². The van der Waals surface area contributed by atoms with E-state index in [0.717, 1.165) is 0 Å². The Balaban J connectivity index is 0. The molecule has 3 nitrogen and oxygen atoms in total. The molecule has 0 aliphatic carbocycles. The highest BCUT2D eigenvalue weighted by Crippen LogP contribution is 1.96. The van der Waals surface area contributed by atoms with Crippen LogP contribution in [0, 0.1) is 0 Å². The third-order valence-corrected chi connectivity index (χ3v) is 1.05. The van der Waals surface area contributed by atoms with Crippen LogP contribution in [0.15, 0.2) is 0 Å². The van der Waals surface area contributed by atoms with Crippen molar-refractivity contribution in [1.82, 2.24) is 0 Å². The topological polar surface area (TPSA) is 52.3 Å². The quantitative estimate of drug-likeness (QED) is 0.658. The third-order valence-electron chi connectivity index (χ3n) is 1.05. The Hall–Kier alpha value is -0.350. The molecule has 0 aliphatic rings. The molecule has 0 spiro atoms. The number of alkyl halides is 1. The summed E-state index contributed by atoms with van der Waals surface area (Å²) < 4.78 is 16.7. The van der Waals surface area contributed by atoms with Crippen molar-refractivity contribution in [2.24, 2.45) is 5.73 Å². The van der Waals surface area contributed by atoms with Crippen LogP contribution in [0.1, 0.15) is 13.8 Å². The summed E-state index contributed by atoms with van der Waals surface area (Å²) in [5.41, 5.74) is 5.10. The maximum Gasteiger partial charge on any atom is 0.325 e. The Morgan fingerprint density at radius 1 is 1.73 bits per heavy atom. The molecular weight excluding hydrogens is 173 g/mol. The zero-order valence-corrected chi connectivity index (χ0v) is 7.36.